The Morgan fingerprint density at radius 3 is 2.53 bits per heavy atom. The maximum Gasteiger partial charge on any atom is 0.137 e. The Balaban J connectivity index is 2.23. The first-order chi connectivity index (χ1) is 6.97. The van der Waals surface area contributed by atoms with Crippen LogP contribution >= 0.6 is 15.9 Å². The van der Waals surface area contributed by atoms with Gasteiger partial charge in [0.1, 0.15) is 17.0 Å². The van der Waals surface area contributed by atoms with E-state index in [9.17, 15) is 0 Å². The van der Waals surface area contributed by atoms with Crippen LogP contribution in [0.2, 0.25) is 0 Å². The molecule has 1 aromatic heterocycles. The lowest BCUT2D eigenvalue weighted by Gasteiger charge is -2.19. The highest BCUT2D eigenvalue weighted by atomic mass is 79.9. The van der Waals surface area contributed by atoms with Gasteiger partial charge in [0, 0.05) is 0 Å². The van der Waals surface area contributed by atoms with Gasteiger partial charge in [-0.1, -0.05) is 0 Å². The van der Waals surface area contributed by atoms with Crippen molar-refractivity contribution in [3.63, 3.8) is 0 Å². The first-order valence-corrected chi connectivity index (χ1v) is 5.65. The Morgan fingerprint density at radius 2 is 2.00 bits per heavy atom. The van der Waals surface area contributed by atoms with Crippen LogP contribution < -0.4 is 4.74 Å². The summed E-state index contributed by atoms with van der Waals surface area (Å²) in [6.45, 7) is 7.19. The molecule has 0 bridgehead atoms. The fourth-order valence-electron chi connectivity index (χ4n) is 0.955. The summed E-state index contributed by atoms with van der Waals surface area (Å²) in [5.74, 6) is 0.760. The van der Waals surface area contributed by atoms with Crippen LogP contribution in [-0.4, -0.2) is 23.8 Å². The molecule has 0 atom stereocenters. The molecule has 1 aromatic rings. The quantitative estimate of drug-likeness (QED) is 0.624. The molecule has 0 radical (unpaired) electrons. The Labute approximate surface area is 98.9 Å². The van der Waals surface area contributed by atoms with Crippen LogP contribution in [0.1, 0.15) is 20.8 Å². The SMILES string of the molecule is CC(C)(C)OCCOc1ccc(Br)nc1. The van der Waals surface area contributed by atoms with E-state index in [1.165, 1.54) is 0 Å². The van der Waals surface area contributed by atoms with Crippen molar-refractivity contribution in [1.82, 2.24) is 4.98 Å². The topological polar surface area (TPSA) is 31.4 Å². The molecule has 0 aliphatic carbocycles. The lowest BCUT2D eigenvalue weighted by atomic mass is 10.2. The van der Waals surface area contributed by atoms with Gasteiger partial charge in [-0.05, 0) is 48.8 Å². The molecule has 0 saturated heterocycles. The van der Waals surface area contributed by atoms with Crippen molar-refractivity contribution < 1.29 is 9.47 Å². The van der Waals surface area contributed by atoms with E-state index < -0.39 is 0 Å². The first-order valence-electron chi connectivity index (χ1n) is 4.86. The average Bonchev–Trinajstić information content (AvgIpc) is 2.14. The summed E-state index contributed by atoms with van der Waals surface area (Å²) in [6, 6.07) is 3.72. The van der Waals surface area contributed by atoms with Gasteiger partial charge in [0.15, 0.2) is 0 Å². The van der Waals surface area contributed by atoms with Gasteiger partial charge in [-0.3, -0.25) is 0 Å². The minimum atomic E-state index is -0.110. The number of nitrogens with zero attached hydrogens (tertiary/aromatic N) is 1. The van der Waals surface area contributed by atoms with Crippen molar-refractivity contribution in [2.75, 3.05) is 13.2 Å². The van der Waals surface area contributed by atoms with Crippen LogP contribution in [0.25, 0.3) is 0 Å². The summed E-state index contributed by atoms with van der Waals surface area (Å²) >= 11 is 3.26. The van der Waals surface area contributed by atoms with Crippen LogP contribution in [0.4, 0.5) is 0 Å². The minimum Gasteiger partial charge on any atom is -0.490 e. The van der Waals surface area contributed by atoms with Gasteiger partial charge in [-0.2, -0.15) is 0 Å². The molecule has 0 saturated carbocycles. The number of rotatable bonds is 4. The third kappa shape index (κ3) is 5.74. The van der Waals surface area contributed by atoms with Crippen molar-refractivity contribution in [1.29, 1.82) is 0 Å². The number of aromatic nitrogens is 1. The first kappa shape index (κ1) is 12.5. The van der Waals surface area contributed by atoms with Crippen molar-refractivity contribution >= 4 is 15.9 Å². The Bertz CT molecular complexity index is 292. The largest absolute Gasteiger partial charge is 0.490 e. The van der Waals surface area contributed by atoms with Gasteiger partial charge in [0.25, 0.3) is 0 Å². The molecule has 0 spiro atoms. The zero-order chi connectivity index (χ0) is 11.3. The van der Waals surface area contributed by atoms with E-state index in [-0.39, 0.29) is 5.60 Å². The third-order valence-electron chi connectivity index (χ3n) is 1.59. The highest BCUT2D eigenvalue weighted by molar-refractivity contribution is 9.10. The van der Waals surface area contributed by atoms with E-state index in [2.05, 4.69) is 20.9 Å². The molecule has 0 aliphatic rings. The van der Waals surface area contributed by atoms with Crippen molar-refractivity contribution in [3.8, 4) is 5.75 Å². The molecular weight excluding hydrogens is 258 g/mol. The van der Waals surface area contributed by atoms with Gasteiger partial charge in [-0.25, -0.2) is 4.98 Å². The monoisotopic (exact) mass is 273 g/mol. The number of hydrogen-bond acceptors (Lipinski definition) is 3. The summed E-state index contributed by atoms with van der Waals surface area (Å²) in [6.07, 6.45) is 1.68. The van der Waals surface area contributed by atoms with Crippen LogP contribution in [0, 0.1) is 0 Å². The van der Waals surface area contributed by atoms with Crippen molar-refractivity contribution in [2.24, 2.45) is 0 Å². The Hall–Kier alpha value is -0.610. The van der Waals surface area contributed by atoms with E-state index in [0.29, 0.717) is 13.2 Å². The molecule has 0 N–H and O–H groups in total. The van der Waals surface area contributed by atoms with Crippen LogP contribution in [0.15, 0.2) is 22.9 Å². The number of halogens is 1. The Kier molecular flexibility index (Phi) is 4.54. The molecule has 0 unspecified atom stereocenters. The Morgan fingerprint density at radius 1 is 1.27 bits per heavy atom. The predicted molar refractivity (Wildman–Crippen MR) is 63.1 cm³/mol. The lowest BCUT2D eigenvalue weighted by Crippen LogP contribution is -2.22. The molecule has 0 aliphatic heterocycles. The van der Waals surface area contributed by atoms with E-state index in [4.69, 9.17) is 9.47 Å². The molecule has 1 heterocycles. The molecule has 0 fully saturated rings. The summed E-state index contributed by atoms with van der Waals surface area (Å²) in [7, 11) is 0. The van der Waals surface area contributed by atoms with E-state index in [1.807, 2.05) is 32.9 Å². The average molecular weight is 274 g/mol. The smallest absolute Gasteiger partial charge is 0.137 e. The molecular formula is C11H16BrNO2. The molecule has 1 rings (SSSR count). The normalized spacial score (nSPS) is 11.5. The second kappa shape index (κ2) is 5.47. The predicted octanol–water partition coefficient (Wildman–Crippen LogP) is 3.04. The number of pyridine rings is 1. The molecule has 15 heavy (non-hydrogen) atoms. The number of hydrogen-bond donors (Lipinski definition) is 0. The highest BCUT2D eigenvalue weighted by Crippen LogP contribution is 2.13. The summed E-state index contributed by atoms with van der Waals surface area (Å²) in [5, 5.41) is 0. The van der Waals surface area contributed by atoms with Gasteiger partial charge < -0.3 is 9.47 Å². The molecule has 84 valence electrons. The fraction of sp³-hybridized carbons (Fsp3) is 0.545. The summed E-state index contributed by atoms with van der Waals surface area (Å²) in [5.41, 5.74) is -0.110. The molecule has 0 aromatic carbocycles. The summed E-state index contributed by atoms with van der Waals surface area (Å²) < 4.78 is 11.8. The van der Waals surface area contributed by atoms with E-state index >= 15 is 0 Å². The van der Waals surface area contributed by atoms with Crippen molar-refractivity contribution in [3.05, 3.63) is 22.9 Å². The van der Waals surface area contributed by atoms with Gasteiger partial charge in [0.05, 0.1) is 18.4 Å². The third-order valence-corrected chi connectivity index (χ3v) is 2.06. The van der Waals surface area contributed by atoms with Crippen LogP contribution in [0.5, 0.6) is 5.75 Å². The maximum atomic E-state index is 5.52. The minimum absolute atomic E-state index is 0.110. The van der Waals surface area contributed by atoms with Gasteiger partial charge in [-0.15, -0.1) is 0 Å². The van der Waals surface area contributed by atoms with Crippen LogP contribution in [0.3, 0.4) is 0 Å². The van der Waals surface area contributed by atoms with E-state index in [1.54, 1.807) is 6.20 Å². The van der Waals surface area contributed by atoms with Gasteiger partial charge >= 0.3 is 0 Å². The molecule has 4 heteroatoms. The zero-order valence-corrected chi connectivity index (χ0v) is 10.9. The standard InChI is InChI=1S/C11H16BrNO2/c1-11(2,3)15-7-6-14-9-4-5-10(12)13-8-9/h4-5,8H,6-7H2,1-3H3. The molecule has 3 nitrogen and oxygen atoms in total. The van der Waals surface area contributed by atoms with Crippen molar-refractivity contribution in [2.45, 2.75) is 26.4 Å². The molecule has 0 amide bonds. The second-order valence-corrected chi connectivity index (χ2v) is 4.94. The lowest BCUT2D eigenvalue weighted by molar-refractivity contribution is -0.0163. The fourth-order valence-corrected chi connectivity index (χ4v) is 1.19. The highest BCUT2D eigenvalue weighted by Gasteiger charge is 2.09. The van der Waals surface area contributed by atoms with Gasteiger partial charge in [0.2, 0.25) is 0 Å². The summed E-state index contributed by atoms with van der Waals surface area (Å²) in [4.78, 5) is 4.06. The van der Waals surface area contributed by atoms with E-state index in [0.717, 1.165) is 10.4 Å². The maximum absolute atomic E-state index is 5.52. The van der Waals surface area contributed by atoms with Crippen LogP contribution in [-0.2, 0) is 4.74 Å². The zero-order valence-electron chi connectivity index (χ0n) is 9.29. The number of ether oxygens (including phenoxy) is 2. The second-order valence-electron chi connectivity index (χ2n) is 4.13.